The van der Waals surface area contributed by atoms with E-state index in [0.717, 1.165) is 13.0 Å². The van der Waals surface area contributed by atoms with Gasteiger partial charge in [0.05, 0.1) is 6.04 Å². The van der Waals surface area contributed by atoms with Crippen molar-refractivity contribution in [2.45, 2.75) is 32.9 Å². The van der Waals surface area contributed by atoms with Crippen LogP contribution in [0.2, 0.25) is 0 Å². The molecule has 2 aromatic rings. The van der Waals surface area contributed by atoms with Gasteiger partial charge in [-0.3, -0.25) is 9.59 Å². The van der Waals surface area contributed by atoms with Crippen LogP contribution in [0.15, 0.2) is 29.5 Å². The van der Waals surface area contributed by atoms with E-state index in [1.807, 2.05) is 13.8 Å². The molecule has 7 heteroatoms. The van der Waals surface area contributed by atoms with Gasteiger partial charge in [0.1, 0.15) is 17.7 Å². The molecule has 1 atom stereocenters. The minimum Gasteiger partial charge on any atom is -0.342 e. The number of nitrogens with one attached hydrogen (secondary N) is 2. The molecule has 0 fully saturated rings. The Bertz CT molecular complexity index is 646. The van der Waals surface area contributed by atoms with Crippen molar-refractivity contribution in [3.8, 4) is 0 Å². The molecular formula is C13H17N5O2. The highest BCUT2D eigenvalue weighted by Gasteiger charge is 2.17. The van der Waals surface area contributed by atoms with E-state index in [1.165, 1.54) is 18.6 Å². The highest BCUT2D eigenvalue weighted by Crippen LogP contribution is 2.09. The van der Waals surface area contributed by atoms with Crippen LogP contribution < -0.4 is 10.9 Å². The lowest BCUT2D eigenvalue weighted by Gasteiger charge is -2.14. The number of aromatic nitrogens is 4. The summed E-state index contributed by atoms with van der Waals surface area (Å²) in [6, 6.07) is 2.77. The highest BCUT2D eigenvalue weighted by molar-refractivity contribution is 5.93. The summed E-state index contributed by atoms with van der Waals surface area (Å²) in [5, 5.41) is 6.87. The van der Waals surface area contributed by atoms with Crippen molar-refractivity contribution in [1.29, 1.82) is 0 Å². The van der Waals surface area contributed by atoms with E-state index in [9.17, 15) is 9.59 Å². The lowest BCUT2D eigenvalue weighted by molar-refractivity contribution is 0.0936. The summed E-state index contributed by atoms with van der Waals surface area (Å²) in [5.41, 5.74) is -0.326. The number of carbonyl (C=O) groups is 1. The third-order valence-electron chi connectivity index (χ3n) is 2.88. The van der Waals surface area contributed by atoms with Crippen molar-refractivity contribution in [2.75, 3.05) is 0 Å². The molecule has 0 unspecified atom stereocenters. The first-order valence-corrected chi connectivity index (χ1v) is 6.49. The van der Waals surface area contributed by atoms with Crippen LogP contribution in [0.3, 0.4) is 0 Å². The van der Waals surface area contributed by atoms with Crippen LogP contribution in [-0.2, 0) is 6.54 Å². The molecular weight excluding hydrogens is 258 g/mol. The van der Waals surface area contributed by atoms with E-state index in [4.69, 9.17) is 0 Å². The van der Waals surface area contributed by atoms with Crippen molar-refractivity contribution < 1.29 is 4.79 Å². The van der Waals surface area contributed by atoms with Gasteiger partial charge < -0.3 is 10.3 Å². The molecule has 0 spiro atoms. The van der Waals surface area contributed by atoms with Crippen LogP contribution in [-0.4, -0.2) is 25.7 Å². The maximum atomic E-state index is 12.1. The van der Waals surface area contributed by atoms with Crippen molar-refractivity contribution in [2.24, 2.45) is 0 Å². The number of aryl methyl sites for hydroxylation is 1. The smallest absolute Gasteiger partial charge is 0.260 e. The van der Waals surface area contributed by atoms with Crippen molar-refractivity contribution >= 4 is 5.91 Å². The van der Waals surface area contributed by atoms with Gasteiger partial charge >= 0.3 is 0 Å². The Balaban J connectivity index is 2.13. The quantitative estimate of drug-likeness (QED) is 0.846. The van der Waals surface area contributed by atoms with Crippen LogP contribution in [0.1, 0.15) is 42.5 Å². The van der Waals surface area contributed by atoms with Gasteiger partial charge in [-0.15, -0.1) is 0 Å². The topological polar surface area (TPSA) is 92.7 Å². The summed E-state index contributed by atoms with van der Waals surface area (Å²) >= 11 is 0. The number of hydrogen-bond acceptors (Lipinski definition) is 4. The zero-order chi connectivity index (χ0) is 14.5. The average Bonchev–Trinajstić information content (AvgIpc) is 2.88. The van der Waals surface area contributed by atoms with E-state index < -0.39 is 11.5 Å². The second kappa shape index (κ2) is 6.14. The number of amides is 1. The van der Waals surface area contributed by atoms with Gasteiger partial charge in [0.2, 0.25) is 0 Å². The van der Waals surface area contributed by atoms with E-state index >= 15 is 0 Å². The molecule has 2 heterocycles. The molecule has 2 N–H and O–H groups in total. The fourth-order valence-corrected chi connectivity index (χ4v) is 1.93. The predicted molar refractivity (Wildman–Crippen MR) is 73.3 cm³/mol. The Kier molecular flexibility index (Phi) is 4.29. The zero-order valence-corrected chi connectivity index (χ0v) is 11.5. The van der Waals surface area contributed by atoms with E-state index in [2.05, 4.69) is 20.4 Å². The maximum Gasteiger partial charge on any atom is 0.260 e. The summed E-state index contributed by atoms with van der Waals surface area (Å²) in [5.74, 6) is 0.248. The SMILES string of the molecule is CCCn1ncnc1[C@H](C)NC(=O)c1ccc[nH]c1=O. The van der Waals surface area contributed by atoms with E-state index in [-0.39, 0.29) is 11.6 Å². The second-order valence-electron chi connectivity index (χ2n) is 4.45. The van der Waals surface area contributed by atoms with Crippen LogP contribution >= 0.6 is 0 Å². The fourth-order valence-electron chi connectivity index (χ4n) is 1.93. The summed E-state index contributed by atoms with van der Waals surface area (Å²) in [4.78, 5) is 30.2. The van der Waals surface area contributed by atoms with Gasteiger partial charge in [-0.05, 0) is 25.5 Å². The Morgan fingerprint density at radius 2 is 2.35 bits per heavy atom. The first-order valence-electron chi connectivity index (χ1n) is 6.49. The molecule has 2 rings (SSSR count). The van der Waals surface area contributed by atoms with Crippen molar-refractivity contribution in [3.63, 3.8) is 0 Å². The van der Waals surface area contributed by atoms with Gasteiger partial charge in [0.15, 0.2) is 0 Å². The molecule has 0 aliphatic heterocycles. The lowest BCUT2D eigenvalue weighted by Crippen LogP contribution is -2.32. The normalized spacial score (nSPS) is 12.1. The summed E-state index contributed by atoms with van der Waals surface area (Å²) in [7, 11) is 0. The van der Waals surface area contributed by atoms with Crippen LogP contribution in [0.25, 0.3) is 0 Å². The van der Waals surface area contributed by atoms with Crippen LogP contribution in [0.4, 0.5) is 0 Å². The largest absolute Gasteiger partial charge is 0.342 e. The highest BCUT2D eigenvalue weighted by atomic mass is 16.2. The standard InChI is InChI=1S/C13H17N5O2/c1-3-7-18-11(15-8-16-18)9(2)17-13(20)10-5-4-6-14-12(10)19/h4-6,8-9H,3,7H2,1-2H3,(H,14,19)(H,17,20)/t9-/m0/s1. The number of H-pyrrole nitrogens is 1. The summed E-state index contributed by atoms with van der Waals surface area (Å²) < 4.78 is 1.75. The summed E-state index contributed by atoms with van der Waals surface area (Å²) in [6.45, 7) is 4.59. The predicted octanol–water partition coefficient (Wildman–Crippen LogP) is 0.867. The lowest BCUT2D eigenvalue weighted by atomic mass is 10.2. The van der Waals surface area contributed by atoms with E-state index in [1.54, 1.807) is 10.7 Å². The molecule has 0 saturated carbocycles. The van der Waals surface area contributed by atoms with Crippen LogP contribution in [0, 0.1) is 0 Å². The number of carbonyl (C=O) groups excluding carboxylic acids is 1. The first-order chi connectivity index (χ1) is 9.63. The Morgan fingerprint density at radius 1 is 1.55 bits per heavy atom. The summed E-state index contributed by atoms with van der Waals surface area (Å²) in [6.07, 6.45) is 3.87. The monoisotopic (exact) mass is 275 g/mol. The first kappa shape index (κ1) is 14.0. The third-order valence-corrected chi connectivity index (χ3v) is 2.88. The molecule has 106 valence electrons. The second-order valence-corrected chi connectivity index (χ2v) is 4.45. The average molecular weight is 275 g/mol. The molecule has 0 aromatic carbocycles. The molecule has 0 aliphatic carbocycles. The molecule has 0 bridgehead atoms. The molecule has 2 aromatic heterocycles. The third kappa shape index (κ3) is 2.93. The number of hydrogen-bond donors (Lipinski definition) is 2. The van der Waals surface area contributed by atoms with Gasteiger partial charge in [-0.1, -0.05) is 6.92 Å². The van der Waals surface area contributed by atoms with Gasteiger partial charge in [-0.2, -0.15) is 5.10 Å². The zero-order valence-electron chi connectivity index (χ0n) is 11.5. The molecule has 0 radical (unpaired) electrons. The Morgan fingerprint density at radius 3 is 3.05 bits per heavy atom. The van der Waals surface area contributed by atoms with Crippen LogP contribution in [0.5, 0.6) is 0 Å². The molecule has 7 nitrogen and oxygen atoms in total. The molecule has 0 saturated heterocycles. The number of pyridine rings is 1. The Labute approximate surface area is 116 Å². The maximum absolute atomic E-state index is 12.1. The number of nitrogens with zero attached hydrogens (tertiary/aromatic N) is 3. The number of rotatable bonds is 5. The molecule has 20 heavy (non-hydrogen) atoms. The number of aromatic amines is 1. The molecule has 1 amide bonds. The van der Waals surface area contributed by atoms with Crippen molar-refractivity contribution in [3.05, 3.63) is 46.4 Å². The minimum absolute atomic E-state index is 0.0842. The Hall–Kier alpha value is -2.44. The van der Waals surface area contributed by atoms with Gasteiger partial charge in [-0.25, -0.2) is 9.67 Å². The van der Waals surface area contributed by atoms with E-state index in [0.29, 0.717) is 5.82 Å². The molecule has 0 aliphatic rings. The van der Waals surface area contributed by atoms with Gasteiger partial charge in [0.25, 0.3) is 11.5 Å². The minimum atomic E-state index is -0.426. The van der Waals surface area contributed by atoms with Crippen molar-refractivity contribution in [1.82, 2.24) is 25.1 Å². The fraction of sp³-hybridized carbons (Fsp3) is 0.385. The van der Waals surface area contributed by atoms with Gasteiger partial charge in [0, 0.05) is 12.7 Å².